The quantitative estimate of drug-likeness (QED) is 0.607. The Hall–Kier alpha value is -3.40. The molecule has 1 aromatic carbocycles. The van der Waals surface area contributed by atoms with Crippen molar-refractivity contribution < 1.29 is 4.39 Å². The minimum atomic E-state index is -0.305. The van der Waals surface area contributed by atoms with Gasteiger partial charge in [0.2, 0.25) is 11.9 Å². The van der Waals surface area contributed by atoms with Crippen molar-refractivity contribution >= 4 is 23.4 Å². The number of halogens is 1. The molecule has 3 N–H and O–H groups in total. The molecule has 9 nitrogen and oxygen atoms in total. The maximum atomic E-state index is 13.1. The van der Waals surface area contributed by atoms with Gasteiger partial charge in [0.15, 0.2) is 5.82 Å². The topological polar surface area (TPSA) is 109 Å². The van der Waals surface area contributed by atoms with E-state index < -0.39 is 0 Å². The molecule has 4 rings (SSSR count). The number of hydrogen-bond donors (Lipinski definition) is 2. The number of aromatic nitrogens is 5. The third-order valence-electron chi connectivity index (χ3n) is 4.96. The Morgan fingerprint density at radius 3 is 2.80 bits per heavy atom. The zero-order valence-corrected chi connectivity index (χ0v) is 16.7. The van der Waals surface area contributed by atoms with Crippen LogP contribution in [-0.2, 0) is 6.54 Å². The van der Waals surface area contributed by atoms with E-state index in [0.717, 1.165) is 31.7 Å². The zero-order valence-electron chi connectivity index (χ0n) is 16.7. The average Bonchev–Trinajstić information content (AvgIpc) is 3.18. The summed E-state index contributed by atoms with van der Waals surface area (Å²) in [6, 6.07) is 10.2. The first-order chi connectivity index (χ1) is 14.6. The molecule has 1 atom stereocenters. The molecule has 3 heterocycles. The van der Waals surface area contributed by atoms with Crippen LogP contribution in [0.2, 0.25) is 0 Å². The van der Waals surface area contributed by atoms with Gasteiger partial charge < -0.3 is 16.0 Å². The number of benzene rings is 1. The van der Waals surface area contributed by atoms with Gasteiger partial charge in [-0.1, -0.05) is 0 Å². The highest BCUT2D eigenvalue weighted by molar-refractivity contribution is 5.53. The Labute approximate surface area is 174 Å². The van der Waals surface area contributed by atoms with Crippen LogP contribution in [-0.4, -0.2) is 56.2 Å². The Morgan fingerprint density at radius 2 is 2.03 bits per heavy atom. The molecule has 1 aliphatic rings. The van der Waals surface area contributed by atoms with Crippen LogP contribution in [0.1, 0.15) is 18.7 Å². The molecule has 3 aromatic rings. The lowest BCUT2D eigenvalue weighted by atomic mass is 10.2. The summed E-state index contributed by atoms with van der Waals surface area (Å²) in [4.78, 5) is 17.3. The first-order valence-corrected chi connectivity index (χ1v) is 9.83. The number of rotatable bonds is 7. The lowest BCUT2D eigenvalue weighted by Crippen LogP contribution is -2.39. The minimum absolute atomic E-state index is 0.139. The van der Waals surface area contributed by atoms with E-state index in [1.54, 1.807) is 18.3 Å². The fourth-order valence-corrected chi connectivity index (χ4v) is 3.67. The van der Waals surface area contributed by atoms with Gasteiger partial charge in [-0.05, 0) is 56.3 Å². The van der Waals surface area contributed by atoms with E-state index in [9.17, 15) is 4.39 Å². The lowest BCUT2D eigenvalue weighted by Gasteiger charge is -2.28. The maximum Gasteiger partial charge on any atom is 0.232 e. The van der Waals surface area contributed by atoms with Gasteiger partial charge in [0, 0.05) is 31.0 Å². The fraction of sp³-hybridized carbons (Fsp3) is 0.350. The molecule has 0 spiro atoms. The Balaban J connectivity index is 1.41. The molecule has 0 amide bonds. The molecule has 156 valence electrons. The predicted octanol–water partition coefficient (Wildman–Crippen LogP) is 2.23. The van der Waals surface area contributed by atoms with Gasteiger partial charge >= 0.3 is 0 Å². The number of hydrogen-bond acceptors (Lipinski definition) is 9. The van der Waals surface area contributed by atoms with Crippen molar-refractivity contribution in [2.75, 3.05) is 36.1 Å². The largest absolute Gasteiger partial charge is 0.368 e. The number of nitrogen functional groups attached to an aromatic ring is 1. The SMILES string of the molecule is CN(Cc1nc(N)nc(Nc2ccc(F)cc2)n1)CC1CCCN1c1cccnn1. The highest BCUT2D eigenvalue weighted by atomic mass is 19.1. The highest BCUT2D eigenvalue weighted by Crippen LogP contribution is 2.24. The summed E-state index contributed by atoms with van der Waals surface area (Å²) in [5.74, 6) is 1.64. The minimum Gasteiger partial charge on any atom is -0.368 e. The molecule has 0 radical (unpaired) electrons. The highest BCUT2D eigenvalue weighted by Gasteiger charge is 2.27. The van der Waals surface area contributed by atoms with Crippen LogP contribution in [0.5, 0.6) is 0 Å². The van der Waals surface area contributed by atoms with Crippen LogP contribution in [0.15, 0.2) is 42.6 Å². The van der Waals surface area contributed by atoms with Crippen LogP contribution in [0.4, 0.5) is 27.8 Å². The smallest absolute Gasteiger partial charge is 0.232 e. The standard InChI is InChI=1S/C20H24FN9/c1-29(12-16-4-3-11-30(16)18-5-2-10-23-28-18)13-17-25-19(22)27-20(26-17)24-15-8-6-14(21)7-9-15/h2,5-10,16H,3-4,11-13H2,1H3,(H3,22,24,25,26,27). The van der Waals surface area contributed by atoms with Gasteiger partial charge in [0.1, 0.15) is 11.6 Å². The number of nitrogens with two attached hydrogens (primary N) is 1. The molecular formula is C20H24FN9. The van der Waals surface area contributed by atoms with Gasteiger partial charge in [0.25, 0.3) is 0 Å². The normalized spacial score (nSPS) is 16.2. The molecule has 0 aliphatic carbocycles. The Bertz CT molecular complexity index is 968. The molecule has 2 aromatic heterocycles. The van der Waals surface area contributed by atoms with Gasteiger partial charge in [-0.2, -0.15) is 20.1 Å². The van der Waals surface area contributed by atoms with Crippen LogP contribution < -0.4 is 16.0 Å². The van der Waals surface area contributed by atoms with Gasteiger partial charge in [0.05, 0.1) is 6.54 Å². The van der Waals surface area contributed by atoms with Crippen molar-refractivity contribution in [1.29, 1.82) is 0 Å². The Morgan fingerprint density at radius 1 is 1.20 bits per heavy atom. The second kappa shape index (κ2) is 8.95. The molecular weight excluding hydrogens is 385 g/mol. The number of likely N-dealkylation sites (N-methyl/N-ethyl adjacent to an activating group) is 1. The van der Waals surface area contributed by atoms with E-state index in [2.05, 4.69) is 40.3 Å². The zero-order chi connectivity index (χ0) is 20.9. The summed E-state index contributed by atoms with van der Waals surface area (Å²) in [7, 11) is 2.03. The summed E-state index contributed by atoms with van der Waals surface area (Å²) in [6.07, 6.45) is 3.90. The van der Waals surface area contributed by atoms with E-state index in [1.165, 1.54) is 12.1 Å². The Kier molecular flexibility index (Phi) is 5.94. The number of nitrogens with one attached hydrogen (secondary N) is 1. The number of nitrogens with zero attached hydrogens (tertiary/aromatic N) is 7. The third kappa shape index (κ3) is 4.95. The van der Waals surface area contributed by atoms with Crippen LogP contribution in [0.25, 0.3) is 0 Å². The van der Waals surface area contributed by atoms with Crippen LogP contribution in [0, 0.1) is 5.82 Å². The first kappa shape index (κ1) is 19.9. The summed E-state index contributed by atoms with van der Waals surface area (Å²) in [5.41, 5.74) is 6.54. The van der Waals surface area contributed by atoms with Crippen molar-refractivity contribution in [1.82, 2.24) is 30.0 Å². The predicted molar refractivity (Wildman–Crippen MR) is 113 cm³/mol. The maximum absolute atomic E-state index is 13.1. The molecule has 0 bridgehead atoms. The summed E-state index contributed by atoms with van der Waals surface area (Å²) < 4.78 is 13.1. The molecule has 1 saturated heterocycles. The second-order valence-electron chi connectivity index (χ2n) is 7.33. The molecule has 1 aliphatic heterocycles. The van der Waals surface area contributed by atoms with Crippen molar-refractivity contribution in [3.05, 3.63) is 54.2 Å². The molecule has 1 fully saturated rings. The average molecular weight is 409 g/mol. The van der Waals surface area contributed by atoms with Crippen molar-refractivity contribution in [2.24, 2.45) is 0 Å². The van der Waals surface area contributed by atoms with E-state index in [0.29, 0.717) is 30.0 Å². The van der Waals surface area contributed by atoms with E-state index >= 15 is 0 Å². The lowest BCUT2D eigenvalue weighted by molar-refractivity contribution is 0.295. The van der Waals surface area contributed by atoms with Gasteiger partial charge in [-0.15, -0.1) is 5.10 Å². The first-order valence-electron chi connectivity index (χ1n) is 9.83. The van der Waals surface area contributed by atoms with Crippen molar-refractivity contribution in [3.63, 3.8) is 0 Å². The summed E-state index contributed by atoms with van der Waals surface area (Å²) >= 11 is 0. The molecule has 0 saturated carbocycles. The van der Waals surface area contributed by atoms with Crippen LogP contribution >= 0.6 is 0 Å². The van der Waals surface area contributed by atoms with Gasteiger partial charge in [-0.25, -0.2) is 4.39 Å². The van der Waals surface area contributed by atoms with Crippen molar-refractivity contribution in [2.45, 2.75) is 25.4 Å². The van der Waals surface area contributed by atoms with E-state index in [1.807, 2.05) is 19.2 Å². The molecule has 1 unspecified atom stereocenters. The fourth-order valence-electron chi connectivity index (χ4n) is 3.67. The summed E-state index contributed by atoms with van der Waals surface area (Å²) in [6.45, 7) is 2.33. The van der Waals surface area contributed by atoms with Gasteiger partial charge in [-0.3, -0.25) is 4.90 Å². The third-order valence-corrected chi connectivity index (χ3v) is 4.96. The molecule has 30 heavy (non-hydrogen) atoms. The van der Waals surface area contributed by atoms with Crippen molar-refractivity contribution in [3.8, 4) is 0 Å². The van der Waals surface area contributed by atoms with E-state index in [4.69, 9.17) is 5.73 Å². The number of anilines is 4. The van der Waals surface area contributed by atoms with E-state index in [-0.39, 0.29) is 11.8 Å². The monoisotopic (exact) mass is 409 g/mol. The second-order valence-corrected chi connectivity index (χ2v) is 7.33. The van der Waals surface area contributed by atoms with Crippen LogP contribution in [0.3, 0.4) is 0 Å². The summed E-state index contributed by atoms with van der Waals surface area (Å²) in [5, 5.41) is 11.3. The molecule has 10 heteroatoms.